The summed E-state index contributed by atoms with van der Waals surface area (Å²) in [4.78, 5) is 35.5. The van der Waals surface area contributed by atoms with Gasteiger partial charge in [0.1, 0.15) is 11.5 Å². The molecule has 0 unspecified atom stereocenters. The zero-order chi connectivity index (χ0) is 17.8. The monoisotopic (exact) mass is 338 g/mol. The molecule has 0 aliphatic carbocycles. The maximum absolute atomic E-state index is 12.8. The maximum Gasteiger partial charge on any atom is 0.256 e. The van der Waals surface area contributed by atoms with Gasteiger partial charge in [-0.3, -0.25) is 14.6 Å². The number of hydrogen-bond acceptors (Lipinski definition) is 5. The second-order valence-corrected chi connectivity index (χ2v) is 6.51. The van der Waals surface area contributed by atoms with Crippen LogP contribution in [-0.4, -0.2) is 46.2 Å². The van der Waals surface area contributed by atoms with Crippen molar-refractivity contribution in [1.82, 2.24) is 14.9 Å². The molecule has 1 aliphatic rings. The zero-order valence-electron chi connectivity index (χ0n) is 14.5. The smallest absolute Gasteiger partial charge is 0.256 e. The van der Waals surface area contributed by atoms with Crippen LogP contribution in [0.2, 0.25) is 0 Å². The van der Waals surface area contributed by atoms with Crippen molar-refractivity contribution in [2.45, 2.75) is 25.8 Å². The lowest BCUT2D eigenvalue weighted by molar-refractivity contribution is 0.0795. The van der Waals surface area contributed by atoms with E-state index in [0.717, 1.165) is 19.4 Å². The average Bonchev–Trinajstić information content (AvgIpc) is 2.64. The van der Waals surface area contributed by atoms with Gasteiger partial charge in [0, 0.05) is 29.9 Å². The summed E-state index contributed by atoms with van der Waals surface area (Å²) < 4.78 is 0. The molecule has 2 atom stereocenters. The first-order valence-electron chi connectivity index (χ1n) is 8.47. The second kappa shape index (κ2) is 7.53. The number of ketones is 1. The van der Waals surface area contributed by atoms with Crippen LogP contribution in [-0.2, 0) is 0 Å². The van der Waals surface area contributed by atoms with Crippen LogP contribution in [0.4, 0.5) is 5.82 Å². The van der Waals surface area contributed by atoms with Gasteiger partial charge < -0.3 is 10.2 Å². The summed E-state index contributed by atoms with van der Waals surface area (Å²) in [6.45, 7) is 3.05. The molecule has 0 radical (unpaired) electrons. The molecule has 1 N–H and O–H groups in total. The number of aromatic nitrogens is 2. The van der Waals surface area contributed by atoms with Crippen LogP contribution >= 0.6 is 0 Å². The molecule has 2 aromatic rings. The Labute approximate surface area is 147 Å². The highest BCUT2D eigenvalue weighted by atomic mass is 16.1. The number of nitrogens with one attached hydrogen (secondary N) is 1. The molecular formula is C19H22N4O2. The van der Waals surface area contributed by atoms with E-state index in [1.807, 2.05) is 0 Å². The van der Waals surface area contributed by atoms with Gasteiger partial charge >= 0.3 is 0 Å². The summed E-state index contributed by atoms with van der Waals surface area (Å²) >= 11 is 0. The van der Waals surface area contributed by atoms with Gasteiger partial charge in [-0.1, -0.05) is 6.07 Å². The number of pyridine rings is 2. The largest absolute Gasteiger partial charge is 0.307 e. The molecule has 25 heavy (non-hydrogen) atoms. The molecule has 0 aromatic carbocycles. The Morgan fingerprint density at radius 1 is 1.20 bits per heavy atom. The molecule has 3 rings (SSSR count). The van der Waals surface area contributed by atoms with Crippen molar-refractivity contribution in [3.63, 3.8) is 0 Å². The maximum atomic E-state index is 12.8. The van der Waals surface area contributed by atoms with Crippen molar-refractivity contribution in [1.29, 1.82) is 0 Å². The van der Waals surface area contributed by atoms with E-state index in [1.165, 1.54) is 0 Å². The van der Waals surface area contributed by atoms with Crippen LogP contribution < -0.4 is 5.32 Å². The lowest BCUT2D eigenvalue weighted by Gasteiger charge is -2.34. The highest BCUT2D eigenvalue weighted by Gasteiger charge is 2.29. The molecule has 6 heteroatoms. The molecule has 1 amide bonds. The Hall–Kier alpha value is -2.60. The summed E-state index contributed by atoms with van der Waals surface area (Å²) in [5, 5.41) is 2.73. The molecule has 1 saturated heterocycles. The summed E-state index contributed by atoms with van der Waals surface area (Å²) in [5.74, 6) is 0.158. The Morgan fingerprint density at radius 3 is 2.68 bits per heavy atom. The molecule has 6 nitrogen and oxygen atoms in total. The first-order chi connectivity index (χ1) is 12.0. The van der Waals surface area contributed by atoms with E-state index < -0.39 is 0 Å². The SMILES string of the molecule is C[C@H]1C[C@H](C(=O)c2cccc(NC(=O)c3ccncc3)n2)CCN1C. The number of Topliss-reactive ketones (excluding diaryl/α,β-unsaturated/α-hetero) is 1. The first-order valence-corrected chi connectivity index (χ1v) is 8.47. The third-order valence-electron chi connectivity index (χ3n) is 4.76. The predicted octanol–water partition coefficient (Wildman–Crippen LogP) is 2.64. The topological polar surface area (TPSA) is 75.2 Å². The number of amides is 1. The van der Waals surface area contributed by atoms with E-state index in [1.54, 1.807) is 42.7 Å². The number of anilines is 1. The molecule has 130 valence electrons. The van der Waals surface area contributed by atoms with Crippen molar-refractivity contribution in [2.24, 2.45) is 5.92 Å². The van der Waals surface area contributed by atoms with Crippen molar-refractivity contribution in [2.75, 3.05) is 18.9 Å². The van der Waals surface area contributed by atoms with Gasteiger partial charge in [-0.05, 0) is 57.6 Å². The lowest BCUT2D eigenvalue weighted by Crippen LogP contribution is -2.40. The van der Waals surface area contributed by atoms with E-state index in [0.29, 0.717) is 23.1 Å². The molecule has 0 saturated carbocycles. The van der Waals surface area contributed by atoms with Crippen LogP contribution in [0, 0.1) is 5.92 Å². The summed E-state index contributed by atoms with van der Waals surface area (Å²) in [6, 6.07) is 8.80. The minimum absolute atomic E-state index is 0.00940. The van der Waals surface area contributed by atoms with Crippen LogP contribution in [0.5, 0.6) is 0 Å². The van der Waals surface area contributed by atoms with E-state index in [9.17, 15) is 9.59 Å². The standard InChI is InChI=1S/C19H22N4O2/c1-13-12-15(8-11-23(13)2)18(24)16-4-3-5-17(21-16)22-19(25)14-6-9-20-10-7-14/h3-7,9-10,13,15H,8,11-12H2,1-2H3,(H,21,22,25)/t13-,15+/m0/s1. The van der Waals surface area contributed by atoms with Crippen LogP contribution in [0.3, 0.4) is 0 Å². The van der Waals surface area contributed by atoms with Crippen LogP contribution in [0.25, 0.3) is 0 Å². The normalized spacial score (nSPS) is 20.9. The molecule has 0 spiro atoms. The van der Waals surface area contributed by atoms with E-state index in [4.69, 9.17) is 0 Å². The number of nitrogens with zero attached hydrogens (tertiary/aromatic N) is 3. The molecule has 2 aromatic heterocycles. The Morgan fingerprint density at radius 2 is 1.96 bits per heavy atom. The fourth-order valence-corrected chi connectivity index (χ4v) is 3.07. The fourth-order valence-electron chi connectivity index (χ4n) is 3.07. The average molecular weight is 338 g/mol. The fraction of sp³-hybridized carbons (Fsp3) is 0.368. The van der Waals surface area contributed by atoms with Gasteiger partial charge in [-0.2, -0.15) is 0 Å². The second-order valence-electron chi connectivity index (χ2n) is 6.51. The number of carbonyl (C=O) groups is 2. The van der Waals surface area contributed by atoms with Gasteiger partial charge in [0.15, 0.2) is 5.78 Å². The summed E-state index contributed by atoms with van der Waals surface area (Å²) in [5.41, 5.74) is 0.909. The van der Waals surface area contributed by atoms with E-state index in [-0.39, 0.29) is 17.6 Å². The van der Waals surface area contributed by atoms with Crippen LogP contribution in [0.1, 0.15) is 40.6 Å². The summed E-state index contributed by atoms with van der Waals surface area (Å²) in [7, 11) is 2.08. The van der Waals surface area contributed by atoms with E-state index >= 15 is 0 Å². The van der Waals surface area contributed by atoms with Crippen molar-refractivity contribution < 1.29 is 9.59 Å². The highest BCUT2D eigenvalue weighted by Crippen LogP contribution is 2.25. The molecule has 1 aliphatic heterocycles. The number of rotatable bonds is 4. The van der Waals surface area contributed by atoms with Crippen molar-refractivity contribution in [3.05, 3.63) is 54.0 Å². The summed E-state index contributed by atoms with van der Waals surface area (Å²) in [6.07, 6.45) is 4.80. The zero-order valence-corrected chi connectivity index (χ0v) is 14.5. The third kappa shape index (κ3) is 4.09. The third-order valence-corrected chi connectivity index (χ3v) is 4.76. The van der Waals surface area contributed by atoms with Gasteiger partial charge in [0.2, 0.25) is 0 Å². The highest BCUT2D eigenvalue weighted by molar-refractivity contribution is 6.04. The molecular weight excluding hydrogens is 316 g/mol. The van der Waals surface area contributed by atoms with Gasteiger partial charge in [0.05, 0.1) is 0 Å². The predicted molar refractivity (Wildman–Crippen MR) is 95.6 cm³/mol. The Balaban J connectivity index is 1.71. The van der Waals surface area contributed by atoms with Crippen LogP contribution in [0.15, 0.2) is 42.7 Å². The lowest BCUT2D eigenvalue weighted by atomic mass is 9.87. The van der Waals surface area contributed by atoms with Crippen molar-refractivity contribution >= 4 is 17.5 Å². The minimum atomic E-state index is -0.271. The minimum Gasteiger partial charge on any atom is -0.307 e. The Bertz CT molecular complexity index is 763. The van der Waals surface area contributed by atoms with Gasteiger partial charge in [-0.25, -0.2) is 4.98 Å². The molecule has 3 heterocycles. The molecule has 0 bridgehead atoms. The number of piperidine rings is 1. The number of hydrogen-bond donors (Lipinski definition) is 1. The van der Waals surface area contributed by atoms with Gasteiger partial charge in [0.25, 0.3) is 5.91 Å². The van der Waals surface area contributed by atoms with E-state index in [2.05, 4.69) is 34.2 Å². The first kappa shape index (κ1) is 17.2. The van der Waals surface area contributed by atoms with Gasteiger partial charge in [-0.15, -0.1) is 0 Å². The number of likely N-dealkylation sites (tertiary alicyclic amines) is 1. The van der Waals surface area contributed by atoms with Crippen molar-refractivity contribution in [3.8, 4) is 0 Å². The quantitative estimate of drug-likeness (QED) is 0.868. The number of carbonyl (C=O) groups excluding carboxylic acids is 2. The Kier molecular flexibility index (Phi) is 5.19. The molecule has 1 fully saturated rings.